The lowest BCUT2D eigenvalue weighted by atomic mass is 9.95. The van der Waals surface area contributed by atoms with E-state index in [1.807, 2.05) is 6.11 Å². The molecule has 0 saturated heterocycles. The van der Waals surface area contributed by atoms with E-state index in [0.29, 0.717) is 0 Å². The molecule has 0 fully saturated rings. The number of hydrogen-bond acceptors (Lipinski definition) is 6. The van der Waals surface area contributed by atoms with Gasteiger partial charge in [-0.2, -0.15) is 0 Å². The van der Waals surface area contributed by atoms with Crippen LogP contribution in [-0.2, 0) is 27.8 Å². The number of methoxy groups -OCH3 is 1. The van der Waals surface area contributed by atoms with Crippen LogP contribution in [0.5, 0.6) is 0 Å². The zero-order chi connectivity index (χ0) is 14.2. The summed E-state index contributed by atoms with van der Waals surface area (Å²) in [5.41, 5.74) is 0. The molecule has 4 atom stereocenters. The maximum absolute atomic E-state index is 11.3. The van der Waals surface area contributed by atoms with Crippen LogP contribution in [-0.4, -0.2) is 52.0 Å². The summed E-state index contributed by atoms with van der Waals surface area (Å²) in [5.74, 6) is 0. The Bertz CT molecular complexity index is 319. The molecule has 0 aromatic heterocycles. The van der Waals surface area contributed by atoms with E-state index in [1.54, 1.807) is 14.8 Å². The third-order valence-corrected chi connectivity index (χ3v) is 3.03. The van der Waals surface area contributed by atoms with Crippen molar-refractivity contribution in [1.29, 1.82) is 0 Å². The van der Waals surface area contributed by atoms with Crippen LogP contribution in [0.15, 0.2) is 0 Å². The predicted octanol–water partition coefficient (Wildman–Crippen LogP) is -0.306. The highest BCUT2D eigenvalue weighted by Gasteiger charge is 2.28. The van der Waals surface area contributed by atoms with Crippen LogP contribution >= 0.6 is 7.82 Å². The van der Waals surface area contributed by atoms with Crippen molar-refractivity contribution < 1.29 is 32.7 Å². The van der Waals surface area contributed by atoms with Crippen molar-refractivity contribution >= 4 is 15.7 Å². The average Bonchev–Trinajstić information content (AvgIpc) is 2.29. The zero-order valence-corrected chi connectivity index (χ0v) is 11.8. The lowest BCUT2D eigenvalue weighted by Crippen LogP contribution is -2.35. The quantitative estimate of drug-likeness (QED) is 0.268. The summed E-state index contributed by atoms with van der Waals surface area (Å²) in [6.45, 7) is 1.66. The number of ether oxygens (including phenoxy) is 3. The molecule has 0 aliphatic carbocycles. The molecule has 18 heavy (non-hydrogen) atoms. The van der Waals surface area contributed by atoms with Crippen molar-refractivity contribution in [1.82, 2.24) is 0 Å². The van der Waals surface area contributed by atoms with Crippen molar-refractivity contribution in [2.45, 2.75) is 25.3 Å². The van der Waals surface area contributed by atoms with Gasteiger partial charge in [0.05, 0.1) is 12.6 Å². The second kappa shape index (κ2) is 8.54. The molecule has 2 unspecified atom stereocenters. The van der Waals surface area contributed by atoms with Gasteiger partial charge < -0.3 is 19.1 Å². The Hall–Kier alpha value is -0.545. The molecule has 9 heteroatoms. The lowest BCUT2D eigenvalue weighted by molar-refractivity contribution is -0.152. The van der Waals surface area contributed by atoms with Gasteiger partial charge in [0.25, 0.3) is 0 Å². The second-order valence-electron chi connectivity index (χ2n) is 3.42. The Balaban J connectivity index is 4.44. The summed E-state index contributed by atoms with van der Waals surface area (Å²) in [6.07, 6.45) is 5.55. The molecule has 104 valence electrons. The van der Waals surface area contributed by atoms with Crippen LogP contribution in [0.2, 0.25) is 0 Å². The van der Waals surface area contributed by atoms with E-state index >= 15 is 0 Å². The van der Waals surface area contributed by atoms with Crippen molar-refractivity contribution in [2.24, 2.45) is 0 Å². The third kappa shape index (κ3) is 7.02. The van der Waals surface area contributed by atoms with E-state index in [4.69, 9.17) is 25.2 Å². The van der Waals surface area contributed by atoms with Crippen LogP contribution in [0.3, 0.4) is 0 Å². The molecule has 1 N–H and O–H groups in total. The van der Waals surface area contributed by atoms with E-state index in [0.717, 1.165) is 7.11 Å². The Morgan fingerprint density at radius 3 is 2.56 bits per heavy atom. The topological polar surface area (TPSA) is 83.5 Å². The maximum Gasteiger partial charge on any atom is 0.474 e. The van der Waals surface area contributed by atoms with Crippen LogP contribution in [0.25, 0.3) is 0 Å². The second-order valence-corrected chi connectivity index (χ2v) is 4.94. The van der Waals surface area contributed by atoms with E-state index < -0.39 is 26.2 Å². The fourth-order valence-electron chi connectivity index (χ4n) is 0.975. The molecule has 0 saturated carbocycles. The van der Waals surface area contributed by atoms with Crippen molar-refractivity contribution in [3.63, 3.8) is 0 Å². The summed E-state index contributed by atoms with van der Waals surface area (Å²) >= 11 is 0. The average molecular weight is 280 g/mol. The summed E-state index contributed by atoms with van der Waals surface area (Å²) in [6, 6.07) is -0.460. The Labute approximate surface area is 108 Å². The number of rotatable bonds is 9. The highest BCUT2D eigenvalue weighted by Crippen LogP contribution is 2.43. The Morgan fingerprint density at radius 2 is 2.11 bits per heavy atom. The molecule has 7 nitrogen and oxygen atoms in total. The number of terminal acetylenes is 1. The predicted molar refractivity (Wildman–Crippen MR) is 66.4 cm³/mol. The van der Waals surface area contributed by atoms with E-state index in [-0.39, 0.29) is 6.61 Å². The molecule has 0 aromatic rings. The van der Waals surface area contributed by atoms with E-state index in [2.05, 4.69) is 4.52 Å². The summed E-state index contributed by atoms with van der Waals surface area (Å²) in [7, 11) is -0.00623. The van der Waals surface area contributed by atoms with Crippen LogP contribution in [0.4, 0.5) is 0 Å². The van der Waals surface area contributed by atoms with Crippen LogP contribution < -0.4 is 0 Å². The summed E-state index contributed by atoms with van der Waals surface area (Å²) in [5, 5.41) is 0. The van der Waals surface area contributed by atoms with Gasteiger partial charge in [0.1, 0.15) is 20.1 Å². The maximum atomic E-state index is 11.3. The molecule has 0 spiro atoms. The molecule has 0 aliphatic rings. The zero-order valence-electron chi connectivity index (χ0n) is 10.9. The van der Waals surface area contributed by atoms with Gasteiger partial charge in [-0.05, 0) is 6.92 Å². The highest BCUT2D eigenvalue weighted by molar-refractivity contribution is 7.47. The monoisotopic (exact) mass is 280 g/mol. The number of phosphoric acid groups is 1. The molecular weight excluding hydrogens is 262 g/mol. The first-order valence-electron chi connectivity index (χ1n) is 5.18. The molecule has 0 aromatic carbocycles. The van der Waals surface area contributed by atoms with Gasteiger partial charge in [0.2, 0.25) is 0 Å². The van der Waals surface area contributed by atoms with Gasteiger partial charge in [-0.25, -0.2) is 4.57 Å². The lowest BCUT2D eigenvalue weighted by Gasteiger charge is -2.25. The van der Waals surface area contributed by atoms with Crippen LogP contribution in [0.1, 0.15) is 6.92 Å². The minimum atomic E-state index is -4.15. The summed E-state index contributed by atoms with van der Waals surface area (Å²) < 4.78 is 35.4. The van der Waals surface area contributed by atoms with Crippen LogP contribution in [0, 0.1) is 12.5 Å². The SMILES string of the molecule is B[C@H](OC(COC)OP(=O)(O)OC)[C@H](C)OC#C. The molecule has 0 aliphatic heterocycles. The normalized spacial score (nSPS) is 19.3. The van der Waals surface area contributed by atoms with Gasteiger partial charge in [-0.15, -0.1) is 0 Å². The minimum absolute atomic E-state index is 0.0407. The van der Waals surface area contributed by atoms with Gasteiger partial charge in [0, 0.05) is 14.2 Å². The standard InChI is InChI=1S/C9H18BO7P/c1-5-15-7(2)9(10)16-8(6-13-3)17-18(11,12)14-4/h1,7-9H,6,10H2,2-4H3,(H,11,12)/t7-,8?,9+/m0/s1. The van der Waals surface area contributed by atoms with Gasteiger partial charge >= 0.3 is 7.82 Å². The van der Waals surface area contributed by atoms with Gasteiger partial charge in [-0.1, -0.05) is 6.42 Å². The fraction of sp³-hybridized carbons (Fsp3) is 0.778. The molecule has 0 rings (SSSR count). The Morgan fingerprint density at radius 1 is 1.50 bits per heavy atom. The van der Waals surface area contributed by atoms with Crippen molar-refractivity contribution in [2.75, 3.05) is 20.8 Å². The fourth-order valence-corrected chi connectivity index (χ4v) is 1.47. The third-order valence-electron chi connectivity index (χ3n) is 2.07. The minimum Gasteiger partial charge on any atom is -0.442 e. The molecule has 0 bridgehead atoms. The first-order chi connectivity index (χ1) is 8.36. The first kappa shape index (κ1) is 17.5. The number of hydrogen-bond donors (Lipinski definition) is 1. The molecule has 0 radical (unpaired) electrons. The van der Waals surface area contributed by atoms with Crippen molar-refractivity contribution in [3.05, 3.63) is 0 Å². The van der Waals surface area contributed by atoms with Gasteiger partial charge in [0.15, 0.2) is 6.29 Å². The molecular formula is C9H18BO7P. The highest BCUT2D eigenvalue weighted by atomic mass is 31.2. The van der Waals surface area contributed by atoms with Gasteiger partial charge in [-0.3, -0.25) is 9.05 Å². The summed E-state index contributed by atoms with van der Waals surface area (Å²) in [4.78, 5) is 9.19. The number of phosphoric ester groups is 1. The van der Waals surface area contributed by atoms with E-state index in [9.17, 15) is 9.46 Å². The molecule has 0 amide bonds. The van der Waals surface area contributed by atoms with E-state index in [1.165, 1.54) is 7.11 Å². The molecule has 0 heterocycles. The Kier molecular flexibility index (Phi) is 8.28. The first-order valence-corrected chi connectivity index (χ1v) is 6.68. The largest absolute Gasteiger partial charge is 0.474 e. The van der Waals surface area contributed by atoms with Crippen molar-refractivity contribution in [3.8, 4) is 12.5 Å². The smallest absolute Gasteiger partial charge is 0.442 e.